The van der Waals surface area contributed by atoms with Gasteiger partial charge in [0.2, 0.25) is 12.7 Å². The monoisotopic (exact) mass is 352 g/mol. The smallest absolute Gasteiger partial charge is 0.239 e. The summed E-state index contributed by atoms with van der Waals surface area (Å²) in [6.45, 7) is 0.791. The van der Waals surface area contributed by atoms with Crippen LogP contribution in [0.1, 0.15) is 5.56 Å². The van der Waals surface area contributed by atoms with Crippen molar-refractivity contribution in [3.05, 3.63) is 52.0 Å². The van der Waals surface area contributed by atoms with Crippen LogP contribution in [0.5, 0.6) is 11.5 Å². The summed E-state index contributed by atoms with van der Waals surface area (Å²) >= 11 is 11.8. The van der Waals surface area contributed by atoms with Gasteiger partial charge in [0, 0.05) is 12.2 Å². The first-order valence-corrected chi connectivity index (χ1v) is 7.71. The summed E-state index contributed by atoms with van der Waals surface area (Å²) in [7, 11) is 0. The number of benzene rings is 2. The average Bonchev–Trinajstić information content (AvgIpc) is 3.01. The quantitative estimate of drug-likeness (QED) is 0.865. The largest absolute Gasteiger partial charge is 0.454 e. The van der Waals surface area contributed by atoms with Gasteiger partial charge in [-0.1, -0.05) is 29.3 Å². The minimum absolute atomic E-state index is 0.131. The molecule has 0 fully saturated rings. The van der Waals surface area contributed by atoms with E-state index in [4.69, 9.17) is 32.7 Å². The molecule has 3 rings (SSSR count). The third-order valence-corrected chi connectivity index (χ3v) is 4.04. The second-order valence-corrected chi connectivity index (χ2v) is 5.76. The number of nitrogens with one attached hydrogen (secondary N) is 2. The van der Waals surface area contributed by atoms with Gasteiger partial charge in [-0.3, -0.25) is 4.79 Å². The molecule has 0 spiro atoms. The Morgan fingerprint density at radius 3 is 2.70 bits per heavy atom. The topological polar surface area (TPSA) is 59.6 Å². The molecule has 0 aromatic heterocycles. The standard InChI is InChI=1S/C16H14Cl2N2O3/c17-12-3-2-11(6-13(12)18)19-8-16(21)20-7-10-1-4-14-15(5-10)23-9-22-14/h1-6,19H,7-9H2,(H,20,21). The molecule has 2 aromatic rings. The van der Waals surface area contributed by atoms with E-state index in [9.17, 15) is 4.79 Å². The van der Waals surface area contributed by atoms with Gasteiger partial charge in [0.05, 0.1) is 16.6 Å². The normalized spacial score (nSPS) is 12.1. The molecule has 0 aliphatic carbocycles. The molecule has 2 N–H and O–H groups in total. The minimum Gasteiger partial charge on any atom is -0.454 e. The predicted molar refractivity (Wildman–Crippen MR) is 89.4 cm³/mol. The van der Waals surface area contributed by atoms with Crippen molar-refractivity contribution in [2.24, 2.45) is 0 Å². The van der Waals surface area contributed by atoms with Crippen LogP contribution in [-0.2, 0) is 11.3 Å². The number of anilines is 1. The number of fused-ring (bicyclic) bond motifs is 1. The van der Waals surface area contributed by atoms with Gasteiger partial charge in [0.15, 0.2) is 11.5 Å². The van der Waals surface area contributed by atoms with Crippen molar-refractivity contribution in [1.82, 2.24) is 5.32 Å². The Labute approximate surface area is 143 Å². The number of carbonyl (C=O) groups is 1. The first kappa shape index (κ1) is 15.8. The van der Waals surface area contributed by atoms with E-state index in [1.54, 1.807) is 18.2 Å². The number of hydrogen-bond acceptors (Lipinski definition) is 4. The maximum atomic E-state index is 11.9. The van der Waals surface area contributed by atoms with E-state index >= 15 is 0 Å². The highest BCUT2D eigenvalue weighted by molar-refractivity contribution is 6.42. The molecule has 0 radical (unpaired) electrons. The summed E-state index contributed by atoms with van der Waals surface area (Å²) in [4.78, 5) is 11.9. The predicted octanol–water partition coefficient (Wildman–Crippen LogP) is 3.45. The average molecular weight is 353 g/mol. The van der Waals surface area contributed by atoms with Crippen molar-refractivity contribution in [1.29, 1.82) is 0 Å². The fourth-order valence-corrected chi connectivity index (χ4v) is 2.40. The Kier molecular flexibility index (Phi) is 4.79. The van der Waals surface area contributed by atoms with Gasteiger partial charge < -0.3 is 20.1 Å². The highest BCUT2D eigenvalue weighted by atomic mass is 35.5. The summed E-state index contributed by atoms with van der Waals surface area (Å²) in [5.74, 6) is 1.29. The summed E-state index contributed by atoms with van der Waals surface area (Å²) < 4.78 is 10.5. The molecule has 1 heterocycles. The number of halogens is 2. The molecule has 23 heavy (non-hydrogen) atoms. The van der Waals surface area contributed by atoms with E-state index in [0.29, 0.717) is 22.3 Å². The molecule has 2 aromatic carbocycles. The van der Waals surface area contributed by atoms with E-state index < -0.39 is 0 Å². The molecule has 0 saturated carbocycles. The maximum Gasteiger partial charge on any atom is 0.239 e. The van der Waals surface area contributed by atoms with Crippen molar-refractivity contribution in [2.45, 2.75) is 6.54 Å². The van der Waals surface area contributed by atoms with Gasteiger partial charge >= 0.3 is 0 Å². The van der Waals surface area contributed by atoms with Crippen LogP contribution < -0.4 is 20.1 Å². The molecule has 1 aliphatic rings. The van der Waals surface area contributed by atoms with E-state index in [-0.39, 0.29) is 19.2 Å². The number of ether oxygens (including phenoxy) is 2. The molecule has 1 aliphatic heterocycles. The molecule has 1 amide bonds. The van der Waals surface area contributed by atoms with Crippen molar-refractivity contribution in [2.75, 3.05) is 18.7 Å². The molecular formula is C16H14Cl2N2O3. The Morgan fingerprint density at radius 2 is 1.87 bits per heavy atom. The van der Waals surface area contributed by atoms with Gasteiger partial charge in [-0.15, -0.1) is 0 Å². The lowest BCUT2D eigenvalue weighted by Crippen LogP contribution is -2.29. The molecule has 5 nitrogen and oxygen atoms in total. The zero-order valence-corrected chi connectivity index (χ0v) is 13.6. The van der Waals surface area contributed by atoms with Gasteiger partial charge in [-0.05, 0) is 35.9 Å². The molecule has 120 valence electrons. The third kappa shape index (κ3) is 4.00. The summed E-state index contributed by atoms with van der Waals surface area (Å²) in [6, 6.07) is 10.7. The first-order valence-electron chi connectivity index (χ1n) is 6.96. The van der Waals surface area contributed by atoms with Crippen molar-refractivity contribution >= 4 is 34.8 Å². The van der Waals surface area contributed by atoms with Crippen molar-refractivity contribution < 1.29 is 14.3 Å². The van der Waals surface area contributed by atoms with Gasteiger partial charge in [0.25, 0.3) is 0 Å². The Morgan fingerprint density at radius 1 is 1.04 bits per heavy atom. The van der Waals surface area contributed by atoms with Crippen LogP contribution >= 0.6 is 23.2 Å². The van der Waals surface area contributed by atoms with E-state index in [2.05, 4.69) is 10.6 Å². The summed E-state index contributed by atoms with van der Waals surface area (Å²) in [5.41, 5.74) is 1.68. The fourth-order valence-electron chi connectivity index (χ4n) is 2.10. The van der Waals surface area contributed by atoms with Crippen molar-refractivity contribution in [3.8, 4) is 11.5 Å². The van der Waals surface area contributed by atoms with E-state index in [0.717, 1.165) is 17.0 Å². The summed E-state index contributed by atoms with van der Waals surface area (Å²) in [6.07, 6.45) is 0. The zero-order valence-electron chi connectivity index (χ0n) is 12.1. The molecule has 0 saturated heterocycles. The highest BCUT2D eigenvalue weighted by Crippen LogP contribution is 2.32. The van der Waals surface area contributed by atoms with Crippen molar-refractivity contribution in [3.63, 3.8) is 0 Å². The Bertz CT molecular complexity index is 737. The van der Waals surface area contributed by atoms with Gasteiger partial charge in [0.1, 0.15) is 0 Å². The first-order chi connectivity index (χ1) is 11.1. The van der Waals surface area contributed by atoms with Crippen LogP contribution in [0.15, 0.2) is 36.4 Å². The van der Waals surface area contributed by atoms with Crippen LogP contribution in [0.3, 0.4) is 0 Å². The maximum absolute atomic E-state index is 11.9. The number of amides is 1. The fraction of sp³-hybridized carbons (Fsp3) is 0.188. The molecule has 0 bridgehead atoms. The van der Waals surface area contributed by atoms with Gasteiger partial charge in [-0.25, -0.2) is 0 Å². The lowest BCUT2D eigenvalue weighted by atomic mass is 10.2. The molecule has 0 atom stereocenters. The van der Waals surface area contributed by atoms with Gasteiger partial charge in [-0.2, -0.15) is 0 Å². The number of carbonyl (C=O) groups excluding carboxylic acids is 1. The second-order valence-electron chi connectivity index (χ2n) is 4.95. The van der Waals surface area contributed by atoms with Crippen LogP contribution in [0, 0.1) is 0 Å². The molecule has 0 unspecified atom stereocenters. The number of rotatable bonds is 5. The van der Waals surface area contributed by atoms with Crippen LogP contribution in [0.2, 0.25) is 10.0 Å². The molecular weight excluding hydrogens is 339 g/mol. The SMILES string of the molecule is O=C(CNc1ccc(Cl)c(Cl)c1)NCc1ccc2c(c1)OCO2. The molecule has 7 heteroatoms. The second kappa shape index (κ2) is 6.98. The lowest BCUT2D eigenvalue weighted by molar-refractivity contribution is -0.119. The Hall–Kier alpha value is -2.11. The highest BCUT2D eigenvalue weighted by Gasteiger charge is 2.13. The lowest BCUT2D eigenvalue weighted by Gasteiger charge is -2.09. The summed E-state index contributed by atoms with van der Waals surface area (Å²) in [5, 5.41) is 6.74. The zero-order chi connectivity index (χ0) is 16.2. The third-order valence-electron chi connectivity index (χ3n) is 3.30. The Balaban J connectivity index is 1.48. The van der Waals surface area contributed by atoms with Crippen LogP contribution in [0.4, 0.5) is 5.69 Å². The van der Waals surface area contributed by atoms with E-state index in [1.165, 1.54) is 0 Å². The van der Waals surface area contributed by atoms with E-state index in [1.807, 2.05) is 18.2 Å². The number of hydrogen-bond donors (Lipinski definition) is 2. The van der Waals surface area contributed by atoms with Crippen LogP contribution in [0.25, 0.3) is 0 Å². The minimum atomic E-state index is -0.131. The van der Waals surface area contributed by atoms with Crippen LogP contribution in [-0.4, -0.2) is 19.2 Å².